The first-order valence-electron chi connectivity index (χ1n) is 21.1. The lowest BCUT2D eigenvalue weighted by Gasteiger charge is -2.20. The molecule has 0 saturated heterocycles. The van der Waals surface area contributed by atoms with Crippen molar-refractivity contribution >= 4 is 19.5 Å². The minimum Gasteiger partial charge on any atom is -0.462 e. The standard InChI is InChI=1S/C41H81O7P/c1-5-9-11-13-15-17-19-21-23-25-27-29-31-35-40(42)45-38-39(34-33-37-49(44,46-7-3)47-8-4)48-41(43)36-32-30-28-26-24-22-20-18-16-14-12-10-6-2/h39H,5-38H2,1-4H3/t39-/m0/s1. The Kier molecular flexibility index (Phi) is 36.2. The normalized spacial score (nSPS) is 12.3. The molecule has 0 rings (SSSR count). The van der Waals surface area contributed by atoms with Crippen LogP contribution in [0.15, 0.2) is 0 Å². The molecule has 0 aliphatic carbocycles. The van der Waals surface area contributed by atoms with E-state index in [4.69, 9.17) is 18.5 Å². The van der Waals surface area contributed by atoms with Crippen LogP contribution in [0.1, 0.15) is 220 Å². The Hall–Kier alpha value is -0.910. The van der Waals surface area contributed by atoms with Gasteiger partial charge in [0.05, 0.1) is 19.4 Å². The van der Waals surface area contributed by atoms with Crippen molar-refractivity contribution in [3.63, 3.8) is 0 Å². The number of carbonyl (C=O) groups is 2. The summed E-state index contributed by atoms with van der Waals surface area (Å²) in [5.41, 5.74) is 0. The fraction of sp³-hybridized carbons (Fsp3) is 0.951. The van der Waals surface area contributed by atoms with Gasteiger partial charge in [-0.15, -0.1) is 0 Å². The van der Waals surface area contributed by atoms with Gasteiger partial charge in [0.15, 0.2) is 0 Å². The monoisotopic (exact) mass is 717 g/mol. The van der Waals surface area contributed by atoms with E-state index in [1.807, 2.05) is 0 Å². The molecule has 0 N–H and O–H groups in total. The topological polar surface area (TPSA) is 88.1 Å². The molecule has 7 nitrogen and oxygen atoms in total. The van der Waals surface area contributed by atoms with Gasteiger partial charge in [-0.25, -0.2) is 0 Å². The Labute approximate surface area is 304 Å². The molecule has 0 aromatic heterocycles. The van der Waals surface area contributed by atoms with E-state index >= 15 is 0 Å². The SMILES string of the molecule is CCCCCCCCCCCCCCCC(=O)OC[C@H](CCCP(=O)(OCC)OCC)OC(=O)CCCCCCCCCCCCCCC. The number of esters is 2. The molecule has 0 aliphatic rings. The predicted molar refractivity (Wildman–Crippen MR) is 206 cm³/mol. The molecule has 0 heterocycles. The lowest BCUT2D eigenvalue weighted by molar-refractivity contribution is -0.159. The predicted octanol–water partition coefficient (Wildman–Crippen LogP) is 13.5. The van der Waals surface area contributed by atoms with Crippen LogP contribution in [0.3, 0.4) is 0 Å². The molecular weight excluding hydrogens is 635 g/mol. The average Bonchev–Trinajstić information content (AvgIpc) is 3.08. The van der Waals surface area contributed by atoms with Crippen LogP contribution in [-0.2, 0) is 32.7 Å². The number of hydrogen-bond donors (Lipinski definition) is 0. The number of hydrogen-bond acceptors (Lipinski definition) is 7. The molecule has 49 heavy (non-hydrogen) atoms. The van der Waals surface area contributed by atoms with Gasteiger partial charge in [0.25, 0.3) is 0 Å². The summed E-state index contributed by atoms with van der Waals surface area (Å²) in [6, 6.07) is 0. The van der Waals surface area contributed by atoms with E-state index in [0.717, 1.165) is 38.5 Å². The van der Waals surface area contributed by atoms with Gasteiger partial charge in [0.2, 0.25) is 0 Å². The number of rotatable bonds is 39. The Morgan fingerprint density at radius 1 is 0.469 bits per heavy atom. The van der Waals surface area contributed by atoms with Crippen LogP contribution in [-0.4, -0.2) is 44.0 Å². The zero-order valence-corrected chi connectivity index (χ0v) is 33.8. The van der Waals surface area contributed by atoms with E-state index in [2.05, 4.69) is 13.8 Å². The summed E-state index contributed by atoms with van der Waals surface area (Å²) in [5.74, 6) is -0.492. The summed E-state index contributed by atoms with van der Waals surface area (Å²) in [7, 11) is -3.18. The zero-order chi connectivity index (χ0) is 36.1. The molecule has 0 bridgehead atoms. The minimum absolute atomic E-state index is 0.0369. The second kappa shape index (κ2) is 36.9. The van der Waals surface area contributed by atoms with E-state index in [1.54, 1.807) is 13.8 Å². The lowest BCUT2D eigenvalue weighted by Crippen LogP contribution is -2.25. The molecular formula is C41H81O7P. The van der Waals surface area contributed by atoms with Crippen LogP contribution in [0, 0.1) is 0 Å². The van der Waals surface area contributed by atoms with Crippen molar-refractivity contribution < 1.29 is 32.7 Å². The first kappa shape index (κ1) is 48.1. The average molecular weight is 717 g/mol. The third kappa shape index (κ3) is 34.0. The van der Waals surface area contributed by atoms with Gasteiger partial charge in [-0.3, -0.25) is 14.2 Å². The van der Waals surface area contributed by atoms with Gasteiger partial charge in [0.1, 0.15) is 12.7 Å². The van der Waals surface area contributed by atoms with E-state index in [0.29, 0.717) is 38.9 Å². The maximum atomic E-state index is 12.9. The molecule has 0 unspecified atom stereocenters. The summed E-state index contributed by atoms with van der Waals surface area (Å²) in [5, 5.41) is 0. The van der Waals surface area contributed by atoms with Gasteiger partial charge < -0.3 is 18.5 Å². The van der Waals surface area contributed by atoms with Gasteiger partial charge in [-0.2, -0.15) is 0 Å². The highest BCUT2D eigenvalue weighted by atomic mass is 31.2. The molecule has 8 heteroatoms. The van der Waals surface area contributed by atoms with Crippen molar-refractivity contribution in [2.75, 3.05) is 26.0 Å². The van der Waals surface area contributed by atoms with E-state index in [-0.39, 0.29) is 24.7 Å². The molecule has 0 aromatic carbocycles. The second-order valence-electron chi connectivity index (χ2n) is 14.1. The molecule has 0 aliphatic heterocycles. The number of unbranched alkanes of at least 4 members (excludes halogenated alkanes) is 24. The van der Waals surface area contributed by atoms with Crippen LogP contribution >= 0.6 is 7.60 Å². The molecule has 0 fully saturated rings. The Bertz CT molecular complexity index is 765. The highest BCUT2D eigenvalue weighted by molar-refractivity contribution is 7.53. The maximum absolute atomic E-state index is 12.9. The molecule has 0 aromatic rings. The third-order valence-electron chi connectivity index (χ3n) is 9.31. The van der Waals surface area contributed by atoms with Crippen molar-refractivity contribution in [2.24, 2.45) is 0 Å². The summed E-state index contributed by atoms with van der Waals surface area (Å²) in [4.78, 5) is 25.2. The van der Waals surface area contributed by atoms with Crippen molar-refractivity contribution in [1.29, 1.82) is 0 Å². The van der Waals surface area contributed by atoms with Gasteiger partial charge >= 0.3 is 19.5 Å². The van der Waals surface area contributed by atoms with E-state index in [9.17, 15) is 14.2 Å². The first-order valence-corrected chi connectivity index (χ1v) is 22.9. The van der Waals surface area contributed by atoms with Crippen molar-refractivity contribution in [3.8, 4) is 0 Å². The summed E-state index contributed by atoms with van der Waals surface area (Å²) < 4.78 is 35.1. The largest absolute Gasteiger partial charge is 0.462 e. The highest BCUT2D eigenvalue weighted by Gasteiger charge is 2.25. The maximum Gasteiger partial charge on any atom is 0.330 e. The van der Waals surface area contributed by atoms with E-state index in [1.165, 1.54) is 128 Å². The Morgan fingerprint density at radius 2 is 0.816 bits per heavy atom. The summed E-state index contributed by atoms with van der Waals surface area (Å²) in [6.45, 7) is 8.77. The molecule has 0 amide bonds. The van der Waals surface area contributed by atoms with Crippen LogP contribution in [0.2, 0.25) is 0 Å². The van der Waals surface area contributed by atoms with E-state index < -0.39 is 13.7 Å². The summed E-state index contributed by atoms with van der Waals surface area (Å²) >= 11 is 0. The lowest BCUT2D eigenvalue weighted by atomic mass is 10.0. The van der Waals surface area contributed by atoms with Gasteiger partial charge in [-0.1, -0.05) is 168 Å². The zero-order valence-electron chi connectivity index (χ0n) is 32.9. The van der Waals surface area contributed by atoms with Crippen LogP contribution in [0.25, 0.3) is 0 Å². The third-order valence-corrected chi connectivity index (χ3v) is 11.5. The van der Waals surface area contributed by atoms with Crippen LogP contribution in [0.5, 0.6) is 0 Å². The van der Waals surface area contributed by atoms with Crippen LogP contribution in [0.4, 0.5) is 0 Å². The fourth-order valence-corrected chi connectivity index (χ4v) is 8.02. The fourth-order valence-electron chi connectivity index (χ4n) is 6.33. The molecule has 0 saturated carbocycles. The highest BCUT2D eigenvalue weighted by Crippen LogP contribution is 2.48. The summed E-state index contributed by atoms with van der Waals surface area (Å²) in [6.07, 6.45) is 34.1. The molecule has 292 valence electrons. The molecule has 0 spiro atoms. The van der Waals surface area contributed by atoms with Crippen molar-refractivity contribution in [1.82, 2.24) is 0 Å². The second-order valence-corrected chi connectivity index (χ2v) is 16.3. The molecule has 0 radical (unpaired) electrons. The number of carbonyl (C=O) groups excluding carboxylic acids is 2. The minimum atomic E-state index is -3.18. The van der Waals surface area contributed by atoms with Crippen LogP contribution < -0.4 is 0 Å². The van der Waals surface area contributed by atoms with Gasteiger partial charge in [-0.05, 0) is 39.5 Å². The Morgan fingerprint density at radius 3 is 1.18 bits per heavy atom. The Balaban J connectivity index is 4.31. The quantitative estimate of drug-likeness (QED) is 0.0355. The number of ether oxygens (including phenoxy) is 2. The van der Waals surface area contributed by atoms with Crippen molar-refractivity contribution in [3.05, 3.63) is 0 Å². The smallest absolute Gasteiger partial charge is 0.330 e. The molecule has 1 atom stereocenters. The van der Waals surface area contributed by atoms with Crippen molar-refractivity contribution in [2.45, 2.75) is 226 Å². The van der Waals surface area contributed by atoms with Gasteiger partial charge in [0, 0.05) is 12.8 Å². The first-order chi connectivity index (χ1) is 23.9.